The first-order valence-electron chi connectivity index (χ1n) is 5.74. The summed E-state index contributed by atoms with van der Waals surface area (Å²) >= 11 is 1.44. The fraction of sp³-hybridized carbons (Fsp3) is 0.667. The van der Waals surface area contributed by atoms with Crippen LogP contribution in [0.1, 0.15) is 40.3 Å². The molecule has 0 saturated heterocycles. The van der Waals surface area contributed by atoms with Gasteiger partial charge in [0.25, 0.3) is 0 Å². The topological polar surface area (TPSA) is 68.0 Å². The van der Waals surface area contributed by atoms with Crippen molar-refractivity contribution in [2.24, 2.45) is 11.7 Å². The molecule has 0 bridgehead atoms. The van der Waals surface area contributed by atoms with E-state index in [0.717, 1.165) is 5.69 Å². The second-order valence-electron chi connectivity index (χ2n) is 5.55. The smallest absolute Gasteiger partial charge is 0.243 e. The molecule has 1 rings (SSSR count). The van der Waals surface area contributed by atoms with Crippen molar-refractivity contribution in [3.8, 4) is 0 Å². The Kier molecular flexibility index (Phi) is 4.27. The average molecular weight is 255 g/mol. The van der Waals surface area contributed by atoms with Crippen molar-refractivity contribution in [1.29, 1.82) is 0 Å². The summed E-state index contributed by atoms with van der Waals surface area (Å²) in [6.07, 6.45) is 0. The van der Waals surface area contributed by atoms with Crippen LogP contribution in [0.5, 0.6) is 0 Å². The highest BCUT2D eigenvalue weighted by molar-refractivity contribution is 7.13. The molecule has 0 aliphatic carbocycles. The molecule has 1 heterocycles. The second kappa shape index (κ2) is 5.14. The lowest BCUT2D eigenvalue weighted by Crippen LogP contribution is -2.39. The monoisotopic (exact) mass is 255 g/mol. The van der Waals surface area contributed by atoms with E-state index in [1.165, 1.54) is 11.3 Å². The lowest BCUT2D eigenvalue weighted by molar-refractivity contribution is -0.118. The van der Waals surface area contributed by atoms with Gasteiger partial charge in [-0.2, -0.15) is 0 Å². The van der Waals surface area contributed by atoms with Gasteiger partial charge in [-0.25, -0.2) is 4.98 Å². The third-order valence-corrected chi connectivity index (χ3v) is 3.28. The molecule has 1 aromatic rings. The normalized spacial score (nSPS) is 13.8. The van der Waals surface area contributed by atoms with E-state index < -0.39 is 6.04 Å². The van der Waals surface area contributed by atoms with Crippen molar-refractivity contribution >= 4 is 22.4 Å². The minimum Gasteiger partial charge on any atom is -0.320 e. The number of nitrogens with zero attached hydrogens (tertiary/aromatic N) is 1. The van der Waals surface area contributed by atoms with E-state index in [0.29, 0.717) is 5.13 Å². The van der Waals surface area contributed by atoms with E-state index >= 15 is 0 Å². The summed E-state index contributed by atoms with van der Waals surface area (Å²) in [6, 6.07) is -0.489. The third kappa shape index (κ3) is 3.78. The van der Waals surface area contributed by atoms with Crippen molar-refractivity contribution in [3.05, 3.63) is 11.1 Å². The Morgan fingerprint density at radius 1 is 1.47 bits per heavy atom. The van der Waals surface area contributed by atoms with Gasteiger partial charge in [-0.05, 0) is 5.92 Å². The molecule has 0 radical (unpaired) electrons. The van der Waals surface area contributed by atoms with Crippen LogP contribution in [0.2, 0.25) is 0 Å². The predicted molar refractivity (Wildman–Crippen MR) is 72.3 cm³/mol. The number of aromatic nitrogens is 1. The number of amides is 1. The highest BCUT2D eigenvalue weighted by Crippen LogP contribution is 2.26. The maximum atomic E-state index is 11.7. The molecule has 1 aromatic heterocycles. The van der Waals surface area contributed by atoms with Crippen molar-refractivity contribution in [1.82, 2.24) is 4.98 Å². The Labute approximate surface area is 107 Å². The van der Waals surface area contributed by atoms with Crippen molar-refractivity contribution in [3.63, 3.8) is 0 Å². The number of nitrogens with two attached hydrogens (primary N) is 1. The SMILES string of the molecule is CC(C)[C@@H](N)C(=O)Nc1nc(C(C)(C)C)cs1. The molecule has 5 heteroatoms. The Bertz CT molecular complexity index is 393. The average Bonchev–Trinajstić information content (AvgIpc) is 2.64. The summed E-state index contributed by atoms with van der Waals surface area (Å²) < 4.78 is 0. The molecule has 0 aliphatic rings. The van der Waals surface area contributed by atoms with Crippen LogP contribution in [0.4, 0.5) is 5.13 Å². The number of nitrogens with one attached hydrogen (secondary N) is 1. The van der Waals surface area contributed by atoms with Crippen LogP contribution in [0, 0.1) is 5.92 Å². The predicted octanol–water partition coefficient (Wildman–Crippen LogP) is 2.36. The van der Waals surface area contributed by atoms with Crippen LogP contribution in [0.15, 0.2) is 5.38 Å². The molecule has 4 nitrogen and oxygen atoms in total. The van der Waals surface area contributed by atoms with Crippen LogP contribution in [0.25, 0.3) is 0 Å². The van der Waals surface area contributed by atoms with Crippen LogP contribution in [0.3, 0.4) is 0 Å². The van der Waals surface area contributed by atoms with Gasteiger partial charge in [0.1, 0.15) is 0 Å². The van der Waals surface area contributed by atoms with Gasteiger partial charge in [0.05, 0.1) is 11.7 Å². The van der Waals surface area contributed by atoms with E-state index in [9.17, 15) is 4.79 Å². The lowest BCUT2D eigenvalue weighted by atomic mass is 9.93. The summed E-state index contributed by atoms with van der Waals surface area (Å²) in [5.41, 5.74) is 6.75. The third-order valence-electron chi connectivity index (χ3n) is 2.52. The van der Waals surface area contributed by atoms with E-state index in [4.69, 9.17) is 5.73 Å². The highest BCUT2D eigenvalue weighted by atomic mass is 32.1. The molecule has 0 spiro atoms. The van der Waals surface area contributed by atoms with Crippen molar-refractivity contribution < 1.29 is 4.79 Å². The van der Waals surface area contributed by atoms with Gasteiger partial charge in [0, 0.05) is 10.8 Å². The minimum absolute atomic E-state index is 0.000355. The molecule has 0 aromatic carbocycles. The molecule has 1 atom stereocenters. The zero-order chi connectivity index (χ0) is 13.2. The number of thiazole rings is 1. The second-order valence-corrected chi connectivity index (χ2v) is 6.41. The standard InChI is InChI=1S/C12H21N3OS/c1-7(2)9(13)10(16)15-11-14-8(6-17-11)12(3,4)5/h6-7,9H,13H2,1-5H3,(H,14,15,16)/t9-/m1/s1. The number of carbonyl (C=O) groups is 1. The van der Waals surface area contributed by atoms with E-state index in [2.05, 4.69) is 31.1 Å². The summed E-state index contributed by atoms with van der Waals surface area (Å²) in [6.45, 7) is 10.1. The Balaban J connectivity index is 2.71. The van der Waals surface area contributed by atoms with Gasteiger partial charge in [0.15, 0.2) is 5.13 Å². The molecule has 17 heavy (non-hydrogen) atoms. The first-order valence-corrected chi connectivity index (χ1v) is 6.62. The minimum atomic E-state index is -0.489. The van der Waals surface area contributed by atoms with Gasteiger partial charge >= 0.3 is 0 Å². The maximum absolute atomic E-state index is 11.7. The summed E-state index contributed by atoms with van der Waals surface area (Å²) in [5, 5.41) is 5.35. The number of hydrogen-bond acceptors (Lipinski definition) is 4. The molecule has 0 saturated carbocycles. The Morgan fingerprint density at radius 3 is 2.47 bits per heavy atom. The van der Waals surface area contributed by atoms with Gasteiger partial charge in [-0.1, -0.05) is 34.6 Å². The summed E-state index contributed by atoms with van der Waals surface area (Å²) in [5.74, 6) is -0.0492. The van der Waals surface area contributed by atoms with Crippen LogP contribution >= 0.6 is 11.3 Å². The molecule has 3 N–H and O–H groups in total. The fourth-order valence-electron chi connectivity index (χ4n) is 1.17. The number of carbonyl (C=O) groups excluding carboxylic acids is 1. The number of hydrogen-bond donors (Lipinski definition) is 2. The lowest BCUT2D eigenvalue weighted by Gasteiger charge is -2.15. The largest absolute Gasteiger partial charge is 0.320 e. The van der Waals surface area contributed by atoms with E-state index in [-0.39, 0.29) is 17.2 Å². The zero-order valence-corrected chi connectivity index (χ0v) is 11.9. The first kappa shape index (κ1) is 14.1. The van der Waals surface area contributed by atoms with Crippen molar-refractivity contribution in [2.45, 2.75) is 46.1 Å². The van der Waals surface area contributed by atoms with Crippen LogP contribution < -0.4 is 11.1 Å². The molecule has 0 unspecified atom stereocenters. The number of anilines is 1. The van der Waals surface area contributed by atoms with E-state index in [1.54, 1.807) is 0 Å². The molecular formula is C12H21N3OS. The summed E-state index contributed by atoms with van der Waals surface area (Å²) in [7, 11) is 0. The Morgan fingerprint density at radius 2 is 2.06 bits per heavy atom. The molecule has 96 valence electrons. The first-order chi connectivity index (χ1) is 7.71. The number of rotatable bonds is 3. The molecular weight excluding hydrogens is 234 g/mol. The van der Waals surface area contributed by atoms with Crippen molar-refractivity contribution in [2.75, 3.05) is 5.32 Å². The Hall–Kier alpha value is -0.940. The summed E-state index contributed by atoms with van der Waals surface area (Å²) in [4.78, 5) is 16.1. The highest BCUT2D eigenvalue weighted by Gasteiger charge is 2.21. The fourth-order valence-corrected chi connectivity index (χ4v) is 2.11. The molecule has 0 fully saturated rings. The van der Waals surface area contributed by atoms with Gasteiger partial charge in [-0.15, -0.1) is 11.3 Å². The van der Waals surface area contributed by atoms with Gasteiger partial charge in [0.2, 0.25) is 5.91 Å². The van der Waals surface area contributed by atoms with Gasteiger partial charge < -0.3 is 11.1 Å². The van der Waals surface area contributed by atoms with E-state index in [1.807, 2.05) is 19.2 Å². The zero-order valence-electron chi connectivity index (χ0n) is 11.1. The molecule has 1 amide bonds. The maximum Gasteiger partial charge on any atom is 0.243 e. The van der Waals surface area contributed by atoms with Crippen LogP contribution in [-0.4, -0.2) is 16.9 Å². The quantitative estimate of drug-likeness (QED) is 0.871. The van der Waals surface area contributed by atoms with Gasteiger partial charge in [-0.3, -0.25) is 4.79 Å². The van der Waals surface area contributed by atoms with Crippen LogP contribution in [-0.2, 0) is 10.2 Å². The molecule has 0 aliphatic heterocycles.